The number of amides is 2. The topological polar surface area (TPSA) is 91.8 Å². The second-order valence-electron chi connectivity index (χ2n) is 6.42. The molecule has 28 heavy (non-hydrogen) atoms. The number of pyridine rings is 1. The first-order valence-electron chi connectivity index (χ1n) is 8.78. The molecule has 2 aromatic rings. The van der Waals surface area contributed by atoms with E-state index in [4.69, 9.17) is 16.3 Å². The monoisotopic (exact) mass is 404 g/mol. The van der Waals surface area contributed by atoms with E-state index in [1.165, 1.54) is 23.5 Å². The van der Waals surface area contributed by atoms with Crippen molar-refractivity contribution in [3.8, 4) is 0 Å². The maximum Gasteiger partial charge on any atom is 0.412 e. The predicted octanol–water partition coefficient (Wildman–Crippen LogP) is 2.20. The average Bonchev–Trinajstić information content (AvgIpc) is 2.95. The van der Waals surface area contributed by atoms with Crippen LogP contribution in [0, 0.1) is 0 Å². The summed E-state index contributed by atoms with van der Waals surface area (Å²) in [6.45, 7) is 3.52. The Kier molecular flexibility index (Phi) is 6.05. The molecular formula is C18H21ClN6O3. The van der Waals surface area contributed by atoms with Crippen LogP contribution in [0.3, 0.4) is 0 Å². The van der Waals surface area contributed by atoms with Crippen LogP contribution in [0.2, 0.25) is 5.02 Å². The summed E-state index contributed by atoms with van der Waals surface area (Å²) in [4.78, 5) is 42.9. The molecule has 10 heteroatoms. The molecule has 3 heterocycles. The van der Waals surface area contributed by atoms with Gasteiger partial charge in [0.1, 0.15) is 11.5 Å². The van der Waals surface area contributed by atoms with E-state index in [9.17, 15) is 9.59 Å². The lowest BCUT2D eigenvalue weighted by atomic mass is 10.3. The number of likely N-dealkylation sites (N-methyl/N-ethyl adjacent to an activating group) is 2. The second kappa shape index (κ2) is 8.49. The third-order valence-electron chi connectivity index (χ3n) is 4.24. The molecule has 0 aromatic carbocycles. The molecule has 0 radical (unpaired) electrons. The Morgan fingerprint density at radius 2 is 1.96 bits per heavy atom. The van der Waals surface area contributed by atoms with Crippen molar-refractivity contribution in [2.75, 3.05) is 38.6 Å². The molecule has 1 aliphatic heterocycles. The van der Waals surface area contributed by atoms with Crippen LogP contribution in [-0.4, -0.2) is 70.5 Å². The molecule has 2 aromatic heterocycles. The Morgan fingerprint density at radius 1 is 1.21 bits per heavy atom. The summed E-state index contributed by atoms with van der Waals surface area (Å²) in [5.74, 6) is -0.143. The first-order valence-corrected chi connectivity index (χ1v) is 9.16. The number of rotatable bonds is 6. The molecule has 148 valence electrons. The number of halogens is 1. The van der Waals surface area contributed by atoms with Gasteiger partial charge in [-0.3, -0.25) is 9.78 Å². The van der Waals surface area contributed by atoms with Gasteiger partial charge in [-0.25, -0.2) is 19.7 Å². The maximum atomic E-state index is 12.9. The number of hydrogen-bond donors (Lipinski definition) is 0. The van der Waals surface area contributed by atoms with Gasteiger partial charge in [0, 0.05) is 38.2 Å². The summed E-state index contributed by atoms with van der Waals surface area (Å²) in [7, 11) is 3.85. The maximum absolute atomic E-state index is 12.9. The van der Waals surface area contributed by atoms with Crippen LogP contribution in [0.1, 0.15) is 29.3 Å². The second-order valence-corrected chi connectivity index (χ2v) is 6.86. The molecule has 1 unspecified atom stereocenters. The van der Waals surface area contributed by atoms with Gasteiger partial charge >= 0.3 is 6.09 Å². The molecule has 0 saturated heterocycles. The van der Waals surface area contributed by atoms with Crippen LogP contribution in [0.4, 0.5) is 10.6 Å². The first-order chi connectivity index (χ1) is 13.4. The van der Waals surface area contributed by atoms with Crippen molar-refractivity contribution in [3.63, 3.8) is 0 Å². The van der Waals surface area contributed by atoms with Crippen molar-refractivity contribution >= 4 is 29.4 Å². The molecule has 0 fully saturated rings. The molecular weight excluding hydrogens is 384 g/mol. The van der Waals surface area contributed by atoms with Crippen molar-refractivity contribution in [3.05, 3.63) is 47.1 Å². The standard InChI is InChI=1S/C18H21ClN6O3/c1-4-24(10-9-23(2)3)18(27)28-17-15-14(20-7-8-21-15)16(26)25(17)13-6-5-12(19)11-22-13/h5-8,11,17H,4,9-10H2,1-3H3. The molecule has 2 amide bonds. The molecule has 1 atom stereocenters. The van der Waals surface area contributed by atoms with Crippen molar-refractivity contribution in [1.29, 1.82) is 0 Å². The minimum Gasteiger partial charge on any atom is -0.419 e. The number of aromatic nitrogens is 3. The Balaban J connectivity index is 1.89. The molecule has 0 N–H and O–H groups in total. The smallest absolute Gasteiger partial charge is 0.412 e. The number of nitrogens with zero attached hydrogens (tertiary/aromatic N) is 6. The molecule has 1 aliphatic rings. The van der Waals surface area contributed by atoms with E-state index in [2.05, 4.69) is 15.0 Å². The zero-order valence-electron chi connectivity index (χ0n) is 15.9. The van der Waals surface area contributed by atoms with E-state index in [1.54, 1.807) is 17.0 Å². The van der Waals surface area contributed by atoms with Crippen LogP contribution in [0.25, 0.3) is 0 Å². The minimum absolute atomic E-state index is 0.133. The molecule has 3 rings (SSSR count). The number of carbonyl (C=O) groups is 2. The summed E-state index contributed by atoms with van der Waals surface area (Å²) in [5.41, 5.74) is 0.412. The van der Waals surface area contributed by atoms with Crippen LogP contribution in [0.5, 0.6) is 0 Å². The number of fused-ring (bicyclic) bond motifs is 1. The highest BCUT2D eigenvalue weighted by Crippen LogP contribution is 2.35. The van der Waals surface area contributed by atoms with Gasteiger partial charge in [-0.05, 0) is 33.2 Å². The fraction of sp³-hybridized carbons (Fsp3) is 0.389. The lowest BCUT2D eigenvalue weighted by Crippen LogP contribution is -2.40. The molecule has 0 aliphatic carbocycles. The SMILES string of the molecule is CCN(CCN(C)C)C(=O)OC1c2nccnc2C(=O)N1c1ccc(Cl)cn1. The lowest BCUT2D eigenvalue weighted by molar-refractivity contribution is 0.0590. The van der Waals surface area contributed by atoms with E-state index in [0.29, 0.717) is 30.5 Å². The van der Waals surface area contributed by atoms with E-state index in [0.717, 1.165) is 0 Å². The number of hydrogen-bond acceptors (Lipinski definition) is 7. The fourth-order valence-electron chi connectivity index (χ4n) is 2.75. The zero-order valence-corrected chi connectivity index (χ0v) is 16.6. The lowest BCUT2D eigenvalue weighted by Gasteiger charge is -2.27. The highest BCUT2D eigenvalue weighted by molar-refractivity contribution is 6.30. The molecule has 0 spiro atoms. The largest absolute Gasteiger partial charge is 0.419 e. The normalized spacial score (nSPS) is 15.7. The summed E-state index contributed by atoms with van der Waals surface area (Å²) in [6, 6.07) is 3.19. The first kappa shape index (κ1) is 20.0. The summed E-state index contributed by atoms with van der Waals surface area (Å²) in [6.07, 6.45) is 2.70. The summed E-state index contributed by atoms with van der Waals surface area (Å²) >= 11 is 5.90. The fourth-order valence-corrected chi connectivity index (χ4v) is 2.86. The van der Waals surface area contributed by atoms with Crippen LogP contribution >= 0.6 is 11.6 Å². The van der Waals surface area contributed by atoms with Crippen molar-refractivity contribution < 1.29 is 14.3 Å². The minimum atomic E-state index is -1.05. The average molecular weight is 405 g/mol. The van der Waals surface area contributed by atoms with Crippen molar-refractivity contribution in [1.82, 2.24) is 24.8 Å². The van der Waals surface area contributed by atoms with E-state index in [1.807, 2.05) is 25.9 Å². The van der Waals surface area contributed by atoms with Gasteiger partial charge in [-0.15, -0.1) is 0 Å². The van der Waals surface area contributed by atoms with Gasteiger partial charge in [-0.1, -0.05) is 11.6 Å². The van der Waals surface area contributed by atoms with E-state index >= 15 is 0 Å². The number of ether oxygens (including phenoxy) is 1. The summed E-state index contributed by atoms with van der Waals surface area (Å²) < 4.78 is 5.69. The number of carbonyl (C=O) groups excluding carboxylic acids is 2. The molecule has 0 bridgehead atoms. The van der Waals surface area contributed by atoms with Gasteiger partial charge < -0.3 is 14.5 Å². The van der Waals surface area contributed by atoms with E-state index < -0.39 is 18.2 Å². The Morgan fingerprint density at radius 3 is 2.61 bits per heavy atom. The van der Waals surface area contributed by atoms with Gasteiger partial charge in [-0.2, -0.15) is 0 Å². The Bertz CT molecular complexity index is 861. The third-order valence-corrected chi connectivity index (χ3v) is 4.47. The van der Waals surface area contributed by atoms with Crippen LogP contribution in [-0.2, 0) is 4.74 Å². The highest BCUT2D eigenvalue weighted by atomic mass is 35.5. The predicted molar refractivity (Wildman–Crippen MR) is 103 cm³/mol. The third kappa shape index (κ3) is 4.05. The van der Waals surface area contributed by atoms with Crippen molar-refractivity contribution in [2.45, 2.75) is 13.2 Å². The van der Waals surface area contributed by atoms with Crippen molar-refractivity contribution in [2.24, 2.45) is 0 Å². The van der Waals surface area contributed by atoms with E-state index in [-0.39, 0.29) is 11.4 Å². The van der Waals surface area contributed by atoms with Crippen LogP contribution in [0.15, 0.2) is 30.7 Å². The highest BCUT2D eigenvalue weighted by Gasteiger charge is 2.44. The molecule has 0 saturated carbocycles. The van der Waals surface area contributed by atoms with Gasteiger partial charge in [0.05, 0.1) is 5.02 Å². The number of anilines is 1. The van der Waals surface area contributed by atoms with Crippen LogP contribution < -0.4 is 4.90 Å². The van der Waals surface area contributed by atoms with Gasteiger partial charge in [0.25, 0.3) is 5.91 Å². The summed E-state index contributed by atoms with van der Waals surface area (Å²) in [5, 5.41) is 0.429. The zero-order chi connectivity index (χ0) is 20.3. The quantitative estimate of drug-likeness (QED) is 0.728. The molecule has 9 nitrogen and oxygen atoms in total. The Labute approximate surface area is 167 Å². The Hall–Kier alpha value is -2.78. The van der Waals surface area contributed by atoms with Gasteiger partial charge in [0.15, 0.2) is 5.69 Å². The van der Waals surface area contributed by atoms with Gasteiger partial charge in [0.2, 0.25) is 6.23 Å².